The van der Waals surface area contributed by atoms with E-state index in [2.05, 4.69) is 20.9 Å². The minimum Gasteiger partial charge on any atom is -0.459 e. The zero-order valence-electron chi connectivity index (χ0n) is 12.3. The van der Waals surface area contributed by atoms with Crippen LogP contribution in [0.3, 0.4) is 0 Å². The summed E-state index contributed by atoms with van der Waals surface area (Å²) in [4.78, 5) is 14.5. The van der Waals surface area contributed by atoms with Crippen molar-refractivity contribution in [3.63, 3.8) is 0 Å². The van der Waals surface area contributed by atoms with Gasteiger partial charge in [0, 0.05) is 25.5 Å². The van der Waals surface area contributed by atoms with Crippen LogP contribution in [0.1, 0.15) is 35.1 Å². The van der Waals surface area contributed by atoms with Crippen LogP contribution >= 0.6 is 0 Å². The van der Waals surface area contributed by atoms with Crippen molar-refractivity contribution in [3.05, 3.63) is 48.2 Å². The van der Waals surface area contributed by atoms with Gasteiger partial charge in [-0.3, -0.25) is 9.69 Å². The first-order chi connectivity index (χ1) is 10.3. The number of hydrogen-bond acceptors (Lipinski definition) is 3. The van der Waals surface area contributed by atoms with Crippen molar-refractivity contribution in [2.45, 2.75) is 18.9 Å². The second kappa shape index (κ2) is 6.18. The van der Waals surface area contributed by atoms with Crippen molar-refractivity contribution in [1.82, 2.24) is 14.8 Å². The summed E-state index contributed by atoms with van der Waals surface area (Å²) in [7, 11) is 2.05. The van der Waals surface area contributed by atoms with Crippen LogP contribution in [0.25, 0.3) is 0 Å². The Labute approximate surface area is 124 Å². The van der Waals surface area contributed by atoms with E-state index in [9.17, 15) is 4.79 Å². The lowest BCUT2D eigenvalue weighted by Crippen LogP contribution is -2.37. The Morgan fingerprint density at radius 2 is 2.14 bits per heavy atom. The lowest BCUT2D eigenvalue weighted by atomic mass is 10.1. The summed E-state index contributed by atoms with van der Waals surface area (Å²) in [5.41, 5.74) is 1.23. The number of likely N-dealkylation sites (tertiary alicyclic amines) is 1. The summed E-state index contributed by atoms with van der Waals surface area (Å²) in [6.45, 7) is 2.77. The first kappa shape index (κ1) is 13.9. The Bertz CT molecular complexity index is 582. The van der Waals surface area contributed by atoms with Gasteiger partial charge in [0.25, 0.3) is 5.91 Å². The zero-order valence-corrected chi connectivity index (χ0v) is 12.3. The van der Waals surface area contributed by atoms with Crippen molar-refractivity contribution < 1.29 is 9.21 Å². The largest absolute Gasteiger partial charge is 0.459 e. The molecular formula is C16H21N3O2. The van der Waals surface area contributed by atoms with E-state index in [1.54, 1.807) is 12.1 Å². The molecule has 0 aromatic carbocycles. The zero-order chi connectivity index (χ0) is 14.7. The van der Waals surface area contributed by atoms with Crippen LogP contribution in [-0.4, -0.2) is 35.0 Å². The summed E-state index contributed by atoms with van der Waals surface area (Å²) in [5.74, 6) is 0.209. The number of furan rings is 1. The molecule has 0 spiro atoms. The van der Waals surface area contributed by atoms with Crippen LogP contribution in [-0.2, 0) is 7.05 Å². The van der Waals surface area contributed by atoms with Crippen molar-refractivity contribution in [2.24, 2.45) is 7.05 Å². The number of amides is 1. The molecule has 1 aliphatic rings. The van der Waals surface area contributed by atoms with E-state index < -0.39 is 0 Å². The van der Waals surface area contributed by atoms with E-state index >= 15 is 0 Å². The average molecular weight is 287 g/mol. The minimum absolute atomic E-state index is 0.154. The van der Waals surface area contributed by atoms with Crippen LogP contribution in [0.15, 0.2) is 41.1 Å². The molecule has 1 saturated heterocycles. The molecule has 0 saturated carbocycles. The van der Waals surface area contributed by atoms with Gasteiger partial charge in [-0.1, -0.05) is 0 Å². The lowest BCUT2D eigenvalue weighted by Gasteiger charge is -2.28. The number of carbonyl (C=O) groups excluding carboxylic acids is 1. The minimum atomic E-state index is -0.154. The standard InChI is InChI=1S/C16H21N3O2/c1-18-8-4-6-13(18)14(19-9-2-3-10-19)12-17-16(20)15-7-5-11-21-15/h4-8,11,14H,2-3,9-10,12H2,1H3,(H,17,20). The Hall–Kier alpha value is -2.01. The SMILES string of the molecule is Cn1cccc1C(CNC(=O)c1ccco1)N1CCCC1. The maximum Gasteiger partial charge on any atom is 0.287 e. The van der Waals surface area contributed by atoms with Crippen LogP contribution < -0.4 is 5.32 Å². The molecule has 0 aliphatic carbocycles. The fourth-order valence-corrected chi connectivity index (χ4v) is 2.98. The number of nitrogens with one attached hydrogen (secondary N) is 1. The lowest BCUT2D eigenvalue weighted by molar-refractivity contribution is 0.0909. The van der Waals surface area contributed by atoms with E-state index in [-0.39, 0.29) is 11.9 Å². The number of carbonyl (C=O) groups is 1. The van der Waals surface area contributed by atoms with Gasteiger partial charge in [0.15, 0.2) is 5.76 Å². The Morgan fingerprint density at radius 3 is 2.76 bits per heavy atom. The quantitative estimate of drug-likeness (QED) is 0.917. The molecule has 5 nitrogen and oxygen atoms in total. The van der Waals surface area contributed by atoms with Gasteiger partial charge in [0.1, 0.15) is 0 Å². The summed E-state index contributed by atoms with van der Waals surface area (Å²) in [5, 5.41) is 2.99. The van der Waals surface area contributed by atoms with Gasteiger partial charge in [-0.2, -0.15) is 0 Å². The van der Waals surface area contributed by atoms with E-state index in [4.69, 9.17) is 4.42 Å². The van der Waals surface area contributed by atoms with Gasteiger partial charge in [-0.25, -0.2) is 0 Å². The highest BCUT2D eigenvalue weighted by Gasteiger charge is 2.25. The first-order valence-electron chi connectivity index (χ1n) is 7.42. The highest BCUT2D eigenvalue weighted by atomic mass is 16.3. The van der Waals surface area contributed by atoms with E-state index in [1.165, 1.54) is 24.8 Å². The molecule has 5 heteroatoms. The second-order valence-corrected chi connectivity index (χ2v) is 5.49. The highest BCUT2D eigenvalue weighted by molar-refractivity contribution is 5.91. The normalized spacial score (nSPS) is 17.0. The third kappa shape index (κ3) is 3.03. The number of aromatic nitrogens is 1. The molecule has 3 rings (SSSR count). The van der Waals surface area contributed by atoms with Crippen molar-refractivity contribution in [3.8, 4) is 0 Å². The van der Waals surface area contributed by atoms with Gasteiger partial charge in [-0.05, 0) is 50.2 Å². The molecule has 3 heterocycles. The fraction of sp³-hybridized carbons (Fsp3) is 0.438. The molecule has 0 bridgehead atoms. The van der Waals surface area contributed by atoms with Crippen LogP contribution in [0.5, 0.6) is 0 Å². The fourth-order valence-electron chi connectivity index (χ4n) is 2.98. The Morgan fingerprint density at radius 1 is 1.33 bits per heavy atom. The van der Waals surface area contributed by atoms with Gasteiger partial charge in [-0.15, -0.1) is 0 Å². The number of aryl methyl sites for hydroxylation is 1. The highest BCUT2D eigenvalue weighted by Crippen LogP contribution is 2.24. The molecule has 1 aliphatic heterocycles. The molecule has 1 amide bonds. The van der Waals surface area contributed by atoms with Crippen LogP contribution in [0.2, 0.25) is 0 Å². The predicted octanol–water partition coefficient (Wildman–Crippen LogP) is 2.19. The maximum atomic E-state index is 12.0. The second-order valence-electron chi connectivity index (χ2n) is 5.49. The molecule has 1 atom stereocenters. The van der Waals surface area contributed by atoms with E-state index in [0.717, 1.165) is 13.1 Å². The summed E-state index contributed by atoms with van der Waals surface area (Å²) < 4.78 is 7.26. The predicted molar refractivity (Wildman–Crippen MR) is 80.0 cm³/mol. The monoisotopic (exact) mass is 287 g/mol. The Kier molecular flexibility index (Phi) is 4.10. The van der Waals surface area contributed by atoms with Gasteiger partial charge < -0.3 is 14.3 Å². The van der Waals surface area contributed by atoms with Crippen molar-refractivity contribution >= 4 is 5.91 Å². The molecule has 0 radical (unpaired) electrons. The average Bonchev–Trinajstić information content (AvgIpc) is 3.21. The van der Waals surface area contributed by atoms with Crippen LogP contribution in [0.4, 0.5) is 0 Å². The van der Waals surface area contributed by atoms with E-state index in [0.29, 0.717) is 12.3 Å². The molecule has 1 N–H and O–H groups in total. The van der Waals surface area contributed by atoms with Gasteiger partial charge >= 0.3 is 0 Å². The van der Waals surface area contributed by atoms with Gasteiger partial charge in [0.2, 0.25) is 0 Å². The molecule has 2 aromatic heterocycles. The first-order valence-corrected chi connectivity index (χ1v) is 7.42. The smallest absolute Gasteiger partial charge is 0.287 e. The molecule has 2 aromatic rings. The number of nitrogens with zero attached hydrogens (tertiary/aromatic N) is 2. The molecule has 21 heavy (non-hydrogen) atoms. The Balaban J connectivity index is 1.70. The van der Waals surface area contributed by atoms with E-state index in [1.807, 2.05) is 19.3 Å². The number of rotatable bonds is 5. The summed E-state index contributed by atoms with van der Waals surface area (Å²) >= 11 is 0. The van der Waals surface area contributed by atoms with Crippen LogP contribution in [0, 0.1) is 0 Å². The molecular weight excluding hydrogens is 266 g/mol. The van der Waals surface area contributed by atoms with Crippen molar-refractivity contribution in [2.75, 3.05) is 19.6 Å². The maximum absolute atomic E-state index is 12.0. The van der Waals surface area contributed by atoms with Crippen molar-refractivity contribution in [1.29, 1.82) is 0 Å². The third-order valence-corrected chi connectivity index (χ3v) is 4.11. The van der Waals surface area contributed by atoms with Gasteiger partial charge in [0.05, 0.1) is 12.3 Å². The molecule has 112 valence electrons. The number of hydrogen-bond donors (Lipinski definition) is 1. The third-order valence-electron chi connectivity index (χ3n) is 4.11. The topological polar surface area (TPSA) is 50.4 Å². The summed E-state index contributed by atoms with van der Waals surface area (Å²) in [6, 6.07) is 7.80. The summed E-state index contributed by atoms with van der Waals surface area (Å²) in [6.07, 6.45) is 6.02. The molecule has 1 fully saturated rings. The molecule has 1 unspecified atom stereocenters.